The molecule has 0 radical (unpaired) electrons. The number of aliphatic hydroxyl groups excluding tert-OH is 1. The normalized spacial score (nSPS) is 11.0. The molecule has 2 rings (SSSR count). The highest BCUT2D eigenvalue weighted by atomic mass is 32.2. The Bertz CT molecular complexity index is 768. The molecule has 21 heavy (non-hydrogen) atoms. The number of nitrogens with one attached hydrogen (secondary N) is 1. The van der Waals surface area contributed by atoms with Crippen molar-refractivity contribution in [1.82, 2.24) is 14.5 Å². The van der Waals surface area contributed by atoms with Crippen LogP contribution in [0, 0.1) is 11.8 Å². The second-order valence-corrected chi connectivity index (χ2v) is 6.10. The van der Waals surface area contributed by atoms with Gasteiger partial charge in [-0.15, -0.1) is 0 Å². The average Bonchev–Trinajstić information content (AvgIpc) is 2.91. The van der Waals surface area contributed by atoms with E-state index in [2.05, 4.69) is 21.7 Å². The van der Waals surface area contributed by atoms with Crippen LogP contribution in [0.5, 0.6) is 0 Å². The van der Waals surface area contributed by atoms with Gasteiger partial charge in [0.2, 0.25) is 10.0 Å². The zero-order chi connectivity index (χ0) is 15.3. The summed E-state index contributed by atoms with van der Waals surface area (Å²) in [5.41, 5.74) is 1.58. The predicted molar refractivity (Wildman–Crippen MR) is 77.6 cm³/mol. The van der Waals surface area contributed by atoms with Crippen LogP contribution < -0.4 is 4.72 Å². The van der Waals surface area contributed by atoms with Crippen molar-refractivity contribution in [2.45, 2.75) is 11.4 Å². The van der Waals surface area contributed by atoms with Gasteiger partial charge in [-0.25, -0.2) is 13.1 Å². The quantitative estimate of drug-likeness (QED) is 0.793. The van der Waals surface area contributed by atoms with Gasteiger partial charge in [-0.05, 0) is 17.7 Å². The van der Waals surface area contributed by atoms with E-state index in [0.29, 0.717) is 0 Å². The summed E-state index contributed by atoms with van der Waals surface area (Å²) in [4.78, 5) is 0.135. The highest BCUT2D eigenvalue weighted by Gasteiger charge is 2.15. The molecular weight excluding hydrogens is 290 g/mol. The Balaban J connectivity index is 2.03. The SMILES string of the molecule is Cn1cc(S(=O)(=O)NCc2ccc(C#CCO)cc2)cn1. The van der Waals surface area contributed by atoms with Crippen molar-refractivity contribution in [3.8, 4) is 11.8 Å². The Morgan fingerprint density at radius 2 is 2.05 bits per heavy atom. The molecule has 0 atom stereocenters. The van der Waals surface area contributed by atoms with E-state index in [1.807, 2.05) is 0 Å². The zero-order valence-corrected chi connectivity index (χ0v) is 12.3. The van der Waals surface area contributed by atoms with Gasteiger partial charge < -0.3 is 5.11 Å². The van der Waals surface area contributed by atoms with Gasteiger partial charge in [-0.3, -0.25) is 4.68 Å². The summed E-state index contributed by atoms with van der Waals surface area (Å²) in [7, 11) is -1.90. The first kappa shape index (κ1) is 15.3. The van der Waals surface area contributed by atoms with Gasteiger partial charge in [-0.1, -0.05) is 24.0 Å². The maximum atomic E-state index is 12.0. The number of aromatic nitrogens is 2. The van der Waals surface area contributed by atoms with Crippen LogP contribution in [0.25, 0.3) is 0 Å². The first-order chi connectivity index (χ1) is 10.0. The second-order valence-electron chi connectivity index (χ2n) is 4.33. The average molecular weight is 305 g/mol. The van der Waals surface area contributed by atoms with Crippen LogP contribution in [0.2, 0.25) is 0 Å². The molecule has 0 unspecified atom stereocenters. The number of aryl methyl sites for hydroxylation is 1. The van der Waals surface area contributed by atoms with E-state index < -0.39 is 10.0 Å². The van der Waals surface area contributed by atoms with E-state index in [-0.39, 0.29) is 18.0 Å². The lowest BCUT2D eigenvalue weighted by molar-refractivity contribution is 0.350. The molecule has 110 valence electrons. The third-order valence-electron chi connectivity index (χ3n) is 2.72. The molecule has 6 nitrogen and oxygen atoms in total. The summed E-state index contributed by atoms with van der Waals surface area (Å²) in [5, 5.41) is 12.4. The largest absolute Gasteiger partial charge is 0.384 e. The smallest absolute Gasteiger partial charge is 0.243 e. The maximum absolute atomic E-state index is 12.0. The monoisotopic (exact) mass is 305 g/mol. The highest BCUT2D eigenvalue weighted by Crippen LogP contribution is 2.08. The minimum absolute atomic E-state index is 0.135. The van der Waals surface area contributed by atoms with Crippen LogP contribution in [-0.4, -0.2) is 29.9 Å². The summed E-state index contributed by atoms with van der Waals surface area (Å²) < 4.78 is 28.0. The molecule has 0 amide bonds. The van der Waals surface area contributed by atoms with Gasteiger partial charge in [-0.2, -0.15) is 5.10 Å². The molecule has 0 aliphatic carbocycles. The van der Waals surface area contributed by atoms with E-state index in [0.717, 1.165) is 11.1 Å². The topological polar surface area (TPSA) is 84.2 Å². The number of rotatable bonds is 4. The van der Waals surface area contributed by atoms with Gasteiger partial charge >= 0.3 is 0 Å². The molecule has 1 aromatic heterocycles. The van der Waals surface area contributed by atoms with Crippen LogP contribution in [0.3, 0.4) is 0 Å². The fourth-order valence-corrected chi connectivity index (χ4v) is 2.65. The van der Waals surface area contributed by atoms with Crippen LogP contribution in [-0.2, 0) is 23.6 Å². The second kappa shape index (κ2) is 6.54. The summed E-state index contributed by atoms with van der Waals surface area (Å²) in [6.07, 6.45) is 2.74. The predicted octanol–water partition coefficient (Wildman–Crippen LogP) is 0.242. The summed E-state index contributed by atoms with van der Waals surface area (Å²) in [5.74, 6) is 5.32. The van der Waals surface area contributed by atoms with Crippen molar-refractivity contribution >= 4 is 10.0 Å². The number of nitrogens with zero attached hydrogens (tertiary/aromatic N) is 2. The molecular formula is C14H15N3O3S. The van der Waals surface area contributed by atoms with Crippen molar-refractivity contribution in [3.63, 3.8) is 0 Å². The van der Waals surface area contributed by atoms with E-state index >= 15 is 0 Å². The van der Waals surface area contributed by atoms with Crippen molar-refractivity contribution in [1.29, 1.82) is 0 Å². The Labute approximate surface area is 123 Å². The molecule has 1 aromatic carbocycles. The molecule has 0 spiro atoms. The molecule has 0 saturated carbocycles. The maximum Gasteiger partial charge on any atom is 0.243 e. The fourth-order valence-electron chi connectivity index (χ4n) is 1.65. The van der Waals surface area contributed by atoms with Crippen LogP contribution >= 0.6 is 0 Å². The lowest BCUT2D eigenvalue weighted by Crippen LogP contribution is -2.22. The molecule has 0 fully saturated rings. The molecule has 7 heteroatoms. The first-order valence-electron chi connectivity index (χ1n) is 6.18. The number of aliphatic hydroxyl groups is 1. The Morgan fingerprint density at radius 3 is 2.62 bits per heavy atom. The summed E-state index contributed by atoms with van der Waals surface area (Å²) in [6, 6.07) is 7.12. The van der Waals surface area contributed by atoms with Crippen molar-refractivity contribution in [3.05, 3.63) is 47.8 Å². The van der Waals surface area contributed by atoms with Gasteiger partial charge in [0, 0.05) is 25.4 Å². The van der Waals surface area contributed by atoms with Crippen LogP contribution in [0.1, 0.15) is 11.1 Å². The van der Waals surface area contributed by atoms with Gasteiger partial charge in [0.15, 0.2) is 0 Å². The Kier molecular flexibility index (Phi) is 4.75. The third kappa shape index (κ3) is 4.16. The lowest BCUT2D eigenvalue weighted by Gasteiger charge is -2.05. The van der Waals surface area contributed by atoms with Crippen molar-refractivity contribution in [2.75, 3.05) is 6.61 Å². The Morgan fingerprint density at radius 1 is 1.33 bits per heavy atom. The van der Waals surface area contributed by atoms with Crippen molar-refractivity contribution < 1.29 is 13.5 Å². The summed E-state index contributed by atoms with van der Waals surface area (Å²) >= 11 is 0. The lowest BCUT2D eigenvalue weighted by atomic mass is 10.1. The van der Waals surface area contributed by atoms with E-state index in [4.69, 9.17) is 5.11 Å². The van der Waals surface area contributed by atoms with Gasteiger partial charge in [0.1, 0.15) is 11.5 Å². The molecule has 0 aliphatic rings. The number of benzene rings is 1. The standard InChI is InChI=1S/C14H15N3O3S/c1-17-11-14(10-15-17)21(19,20)16-9-13-6-4-12(5-7-13)3-2-8-18/h4-7,10-11,16,18H,8-9H2,1H3. The van der Waals surface area contributed by atoms with E-state index in [9.17, 15) is 8.42 Å². The first-order valence-corrected chi connectivity index (χ1v) is 7.66. The zero-order valence-electron chi connectivity index (χ0n) is 11.4. The minimum atomic E-state index is -3.56. The molecule has 2 aromatic rings. The third-order valence-corrected chi connectivity index (χ3v) is 4.08. The van der Waals surface area contributed by atoms with Crippen LogP contribution in [0.15, 0.2) is 41.6 Å². The summed E-state index contributed by atoms with van der Waals surface area (Å²) in [6.45, 7) is -0.00238. The molecule has 0 bridgehead atoms. The number of hydrogen-bond donors (Lipinski definition) is 2. The molecule has 0 aliphatic heterocycles. The highest BCUT2D eigenvalue weighted by molar-refractivity contribution is 7.89. The fraction of sp³-hybridized carbons (Fsp3) is 0.214. The minimum Gasteiger partial charge on any atom is -0.384 e. The Hall–Kier alpha value is -2.14. The van der Waals surface area contributed by atoms with Gasteiger partial charge in [0.05, 0.1) is 6.20 Å². The molecule has 1 heterocycles. The molecule has 0 saturated heterocycles. The number of sulfonamides is 1. The van der Waals surface area contributed by atoms with E-state index in [1.54, 1.807) is 31.3 Å². The molecule has 2 N–H and O–H groups in total. The van der Waals surface area contributed by atoms with Crippen LogP contribution in [0.4, 0.5) is 0 Å². The van der Waals surface area contributed by atoms with Crippen molar-refractivity contribution in [2.24, 2.45) is 7.05 Å². The van der Waals surface area contributed by atoms with Gasteiger partial charge in [0.25, 0.3) is 0 Å². The van der Waals surface area contributed by atoms with E-state index in [1.165, 1.54) is 17.1 Å². The number of hydrogen-bond acceptors (Lipinski definition) is 4.